The summed E-state index contributed by atoms with van der Waals surface area (Å²) in [4.78, 5) is 4.03. The van der Waals surface area contributed by atoms with Gasteiger partial charge in [-0.15, -0.1) is 0 Å². The first-order valence-electron chi connectivity index (χ1n) is 9.96. The second kappa shape index (κ2) is 10.1. The molecular formula is C25H23N3OS. The maximum atomic E-state index is 9.65. The molecule has 0 saturated heterocycles. The number of hydrogen-bond donors (Lipinski definition) is 1. The predicted octanol–water partition coefficient (Wildman–Crippen LogP) is 5.15. The number of nitrogens with one attached hydrogen (secondary N) is 1. The van der Waals surface area contributed by atoms with E-state index >= 15 is 0 Å². The van der Waals surface area contributed by atoms with Crippen molar-refractivity contribution in [2.75, 3.05) is 5.75 Å². The zero-order chi connectivity index (χ0) is 20.6. The third-order valence-corrected chi connectivity index (χ3v) is 6.17. The van der Waals surface area contributed by atoms with Crippen LogP contribution in [0.3, 0.4) is 0 Å². The summed E-state index contributed by atoms with van der Waals surface area (Å²) in [5, 5.41) is 13.9. The van der Waals surface area contributed by atoms with Crippen molar-refractivity contribution in [3.05, 3.63) is 112 Å². The van der Waals surface area contributed by atoms with E-state index in [1.165, 1.54) is 16.7 Å². The highest BCUT2D eigenvalue weighted by atomic mass is 32.2. The van der Waals surface area contributed by atoms with E-state index in [2.05, 4.69) is 52.8 Å². The Morgan fingerprint density at radius 1 is 0.933 bits per heavy atom. The average molecular weight is 414 g/mol. The van der Waals surface area contributed by atoms with Gasteiger partial charge >= 0.3 is 0 Å². The van der Waals surface area contributed by atoms with Crippen LogP contribution < -0.4 is 5.32 Å². The predicted molar refractivity (Wildman–Crippen MR) is 120 cm³/mol. The summed E-state index contributed by atoms with van der Waals surface area (Å²) in [6.07, 6.45) is 3.62. The van der Waals surface area contributed by atoms with E-state index in [9.17, 15) is 5.26 Å². The molecule has 5 heteroatoms. The number of rotatable bonds is 8. The van der Waals surface area contributed by atoms with Crippen LogP contribution >= 0.6 is 11.8 Å². The fraction of sp³-hybridized carbons (Fsp3) is 0.200. The molecule has 2 aromatic carbocycles. The molecule has 1 atom stereocenters. The SMILES string of the molecule is N#CC1=C(OCc2ccc(CNCc3ccncc3)cc2)SCC1c1ccccc1. The van der Waals surface area contributed by atoms with Crippen molar-refractivity contribution >= 4 is 11.8 Å². The lowest BCUT2D eigenvalue weighted by Crippen LogP contribution is -2.12. The molecule has 1 aromatic heterocycles. The van der Waals surface area contributed by atoms with Gasteiger partial charge in [0.2, 0.25) is 0 Å². The molecule has 0 fully saturated rings. The lowest BCUT2D eigenvalue weighted by Gasteiger charge is -2.10. The molecule has 1 unspecified atom stereocenters. The van der Waals surface area contributed by atoms with Crippen molar-refractivity contribution in [1.29, 1.82) is 5.26 Å². The molecule has 1 N–H and O–H groups in total. The van der Waals surface area contributed by atoms with Crippen LogP contribution in [-0.2, 0) is 24.4 Å². The Hall–Kier alpha value is -3.07. The number of nitrogens with zero attached hydrogens (tertiary/aromatic N) is 2. The van der Waals surface area contributed by atoms with Gasteiger partial charge in [-0.1, -0.05) is 66.4 Å². The third kappa shape index (κ3) is 5.10. The molecule has 0 spiro atoms. The van der Waals surface area contributed by atoms with Gasteiger partial charge in [-0.25, -0.2) is 0 Å². The zero-order valence-electron chi connectivity index (χ0n) is 16.6. The van der Waals surface area contributed by atoms with E-state index < -0.39 is 0 Å². The molecule has 4 rings (SSSR count). The summed E-state index contributed by atoms with van der Waals surface area (Å²) in [7, 11) is 0. The van der Waals surface area contributed by atoms with Crippen LogP contribution in [0, 0.1) is 11.3 Å². The molecule has 1 aliphatic heterocycles. The monoisotopic (exact) mass is 413 g/mol. The van der Waals surface area contributed by atoms with Crippen LogP contribution in [0.15, 0.2) is 89.8 Å². The van der Waals surface area contributed by atoms with Crippen LogP contribution in [-0.4, -0.2) is 10.7 Å². The normalized spacial score (nSPS) is 15.8. The number of aromatic nitrogens is 1. The summed E-state index contributed by atoms with van der Waals surface area (Å²) in [5.74, 6) is 0.967. The van der Waals surface area contributed by atoms with Gasteiger partial charge < -0.3 is 10.1 Å². The molecule has 0 saturated carbocycles. The zero-order valence-corrected chi connectivity index (χ0v) is 17.4. The minimum absolute atomic E-state index is 0.116. The Morgan fingerprint density at radius 2 is 1.60 bits per heavy atom. The second-order valence-electron chi connectivity index (χ2n) is 7.15. The van der Waals surface area contributed by atoms with Crippen molar-refractivity contribution in [2.24, 2.45) is 0 Å². The molecule has 2 heterocycles. The largest absolute Gasteiger partial charge is 0.482 e. The Kier molecular flexibility index (Phi) is 6.81. The van der Waals surface area contributed by atoms with Gasteiger partial charge in [-0.3, -0.25) is 4.98 Å². The first-order valence-corrected chi connectivity index (χ1v) is 10.9. The van der Waals surface area contributed by atoms with Gasteiger partial charge in [0.25, 0.3) is 0 Å². The van der Waals surface area contributed by atoms with E-state index in [1.54, 1.807) is 11.8 Å². The molecular weight excluding hydrogens is 390 g/mol. The van der Waals surface area contributed by atoms with Crippen molar-refractivity contribution in [3.63, 3.8) is 0 Å². The molecule has 3 aromatic rings. The van der Waals surface area contributed by atoms with Crippen molar-refractivity contribution in [3.8, 4) is 6.07 Å². The minimum atomic E-state index is 0.116. The van der Waals surface area contributed by atoms with Crippen LogP contribution in [0.25, 0.3) is 0 Å². The van der Waals surface area contributed by atoms with Crippen molar-refractivity contribution < 1.29 is 4.74 Å². The number of pyridine rings is 1. The highest BCUT2D eigenvalue weighted by Gasteiger charge is 2.29. The van der Waals surface area contributed by atoms with Gasteiger partial charge in [0.05, 0.1) is 11.6 Å². The van der Waals surface area contributed by atoms with E-state index in [1.807, 2.05) is 42.7 Å². The van der Waals surface area contributed by atoms with Gasteiger partial charge in [0.15, 0.2) is 5.09 Å². The minimum Gasteiger partial charge on any atom is -0.482 e. The third-order valence-electron chi connectivity index (χ3n) is 5.07. The Labute approximate surface area is 181 Å². The molecule has 0 amide bonds. The van der Waals surface area contributed by atoms with Gasteiger partial charge in [-0.05, 0) is 34.4 Å². The Balaban J connectivity index is 1.31. The highest BCUT2D eigenvalue weighted by molar-refractivity contribution is 8.03. The molecule has 1 aliphatic rings. The number of benzene rings is 2. The van der Waals surface area contributed by atoms with Crippen LogP contribution in [0.2, 0.25) is 0 Å². The second-order valence-corrected chi connectivity index (χ2v) is 8.14. The maximum Gasteiger partial charge on any atom is 0.168 e. The first-order chi connectivity index (χ1) is 14.8. The number of hydrogen-bond acceptors (Lipinski definition) is 5. The average Bonchev–Trinajstić information content (AvgIpc) is 3.23. The molecule has 0 bridgehead atoms. The molecule has 30 heavy (non-hydrogen) atoms. The van der Waals surface area contributed by atoms with Crippen molar-refractivity contribution in [2.45, 2.75) is 25.6 Å². The number of nitriles is 1. The fourth-order valence-corrected chi connectivity index (χ4v) is 4.57. The lowest BCUT2D eigenvalue weighted by atomic mass is 9.94. The Morgan fingerprint density at radius 3 is 2.30 bits per heavy atom. The summed E-state index contributed by atoms with van der Waals surface area (Å²) in [5.41, 5.74) is 5.46. The molecule has 4 nitrogen and oxygen atoms in total. The topological polar surface area (TPSA) is 57.9 Å². The van der Waals surface area contributed by atoms with E-state index in [4.69, 9.17) is 4.74 Å². The van der Waals surface area contributed by atoms with E-state index in [0.717, 1.165) is 35.1 Å². The smallest absolute Gasteiger partial charge is 0.168 e. The van der Waals surface area contributed by atoms with Crippen LogP contribution in [0.5, 0.6) is 0 Å². The highest BCUT2D eigenvalue weighted by Crippen LogP contribution is 2.42. The standard InChI is InChI=1S/C25H23N3OS/c26-14-23-24(22-4-2-1-3-5-22)18-30-25(23)29-17-21-8-6-19(7-9-21)15-28-16-20-10-12-27-13-11-20/h1-13,24,28H,15-18H2. The number of ether oxygens (including phenoxy) is 1. The van der Waals surface area contributed by atoms with E-state index in [0.29, 0.717) is 6.61 Å². The first kappa shape index (κ1) is 20.2. The maximum absolute atomic E-state index is 9.65. The molecule has 150 valence electrons. The fourth-order valence-electron chi connectivity index (χ4n) is 3.41. The molecule has 0 aliphatic carbocycles. The van der Waals surface area contributed by atoms with Gasteiger partial charge in [0, 0.05) is 37.2 Å². The summed E-state index contributed by atoms with van der Waals surface area (Å²) >= 11 is 1.63. The summed E-state index contributed by atoms with van der Waals surface area (Å²) in [6, 6.07) is 25.0. The molecule has 0 radical (unpaired) electrons. The Bertz CT molecular complexity index is 1030. The van der Waals surface area contributed by atoms with Crippen molar-refractivity contribution in [1.82, 2.24) is 10.3 Å². The summed E-state index contributed by atoms with van der Waals surface area (Å²) < 4.78 is 6.02. The van der Waals surface area contributed by atoms with Crippen LogP contribution in [0.1, 0.15) is 28.2 Å². The lowest BCUT2D eigenvalue weighted by molar-refractivity contribution is 0.224. The summed E-state index contributed by atoms with van der Waals surface area (Å²) in [6.45, 7) is 2.10. The quantitative estimate of drug-likeness (QED) is 0.553. The van der Waals surface area contributed by atoms with Gasteiger partial charge in [0.1, 0.15) is 6.61 Å². The van der Waals surface area contributed by atoms with E-state index in [-0.39, 0.29) is 5.92 Å². The number of thioether (sulfide) groups is 1. The van der Waals surface area contributed by atoms with Crippen LogP contribution in [0.4, 0.5) is 0 Å². The number of allylic oxidation sites excluding steroid dienone is 1. The van der Waals surface area contributed by atoms with Gasteiger partial charge in [-0.2, -0.15) is 5.26 Å².